The summed E-state index contributed by atoms with van der Waals surface area (Å²) in [6, 6.07) is 13.1. The van der Waals surface area contributed by atoms with E-state index in [0.717, 1.165) is 28.9 Å². The third-order valence-electron chi connectivity index (χ3n) is 4.94. The average Bonchev–Trinajstić information content (AvgIpc) is 3.03. The lowest BCUT2D eigenvalue weighted by molar-refractivity contribution is 0.0772. The Hall–Kier alpha value is -2.33. The molecule has 0 saturated heterocycles. The number of nitrogens with zero attached hydrogens (tertiary/aromatic N) is 1. The second kappa shape index (κ2) is 9.24. The zero-order valence-corrected chi connectivity index (χ0v) is 18.0. The number of hydrogen-bond donors (Lipinski definition) is 1. The number of benzene rings is 2. The lowest BCUT2D eigenvalue weighted by Gasteiger charge is -2.21. The van der Waals surface area contributed by atoms with E-state index in [1.54, 1.807) is 17.0 Å². The van der Waals surface area contributed by atoms with Gasteiger partial charge in [0, 0.05) is 30.6 Å². The van der Waals surface area contributed by atoms with Gasteiger partial charge in [-0.2, -0.15) is 0 Å². The van der Waals surface area contributed by atoms with Crippen LogP contribution in [0, 0.1) is 0 Å². The molecule has 4 heteroatoms. The normalized spacial score (nSPS) is 15.0. The van der Waals surface area contributed by atoms with Crippen molar-refractivity contribution in [3.8, 4) is 5.75 Å². The fourth-order valence-electron chi connectivity index (χ4n) is 3.54. The minimum absolute atomic E-state index is 0.0155. The van der Waals surface area contributed by atoms with E-state index < -0.39 is 6.10 Å². The lowest BCUT2D eigenvalue weighted by atomic mass is 9.96. The number of aliphatic hydroxyl groups excluding tert-OH is 1. The van der Waals surface area contributed by atoms with Crippen molar-refractivity contribution in [2.75, 3.05) is 13.1 Å². The predicted molar refractivity (Wildman–Crippen MR) is 114 cm³/mol. The van der Waals surface area contributed by atoms with Crippen molar-refractivity contribution >= 4 is 5.91 Å². The molecule has 2 aromatic rings. The first kappa shape index (κ1) is 22.0. The summed E-state index contributed by atoms with van der Waals surface area (Å²) < 4.78 is 6.07. The number of carbonyl (C=O) groups excluding carboxylic acids is 1. The molecule has 0 saturated carbocycles. The van der Waals surface area contributed by atoms with E-state index in [-0.39, 0.29) is 11.5 Å². The van der Waals surface area contributed by atoms with E-state index in [1.165, 1.54) is 0 Å². The van der Waals surface area contributed by atoms with Crippen molar-refractivity contribution < 1.29 is 14.6 Å². The van der Waals surface area contributed by atoms with Crippen LogP contribution < -0.4 is 4.74 Å². The highest BCUT2D eigenvalue weighted by Gasteiger charge is 2.33. The molecule has 4 nitrogen and oxygen atoms in total. The van der Waals surface area contributed by atoms with Gasteiger partial charge in [-0.25, -0.2) is 0 Å². The highest BCUT2D eigenvalue weighted by atomic mass is 16.5. The second-order valence-electron chi connectivity index (χ2n) is 7.38. The largest absolute Gasteiger partial charge is 0.487 e. The molecule has 1 amide bonds. The van der Waals surface area contributed by atoms with Gasteiger partial charge < -0.3 is 14.7 Å². The van der Waals surface area contributed by atoms with Gasteiger partial charge in [-0.1, -0.05) is 44.2 Å². The summed E-state index contributed by atoms with van der Waals surface area (Å²) >= 11 is 0. The maximum Gasteiger partial charge on any atom is 0.253 e. The Morgan fingerprint density at radius 2 is 1.71 bits per heavy atom. The van der Waals surface area contributed by atoms with Gasteiger partial charge in [0.05, 0.1) is 0 Å². The van der Waals surface area contributed by atoms with Gasteiger partial charge in [0.1, 0.15) is 17.5 Å². The van der Waals surface area contributed by atoms with Gasteiger partial charge in [-0.15, -0.1) is 0 Å². The van der Waals surface area contributed by atoms with Gasteiger partial charge in [0.25, 0.3) is 5.91 Å². The number of amides is 1. The molecule has 28 heavy (non-hydrogen) atoms. The van der Waals surface area contributed by atoms with Crippen molar-refractivity contribution in [2.45, 2.75) is 59.7 Å². The molecule has 1 unspecified atom stereocenters. The van der Waals surface area contributed by atoms with Crippen molar-refractivity contribution in [2.24, 2.45) is 0 Å². The van der Waals surface area contributed by atoms with Crippen LogP contribution in [0.5, 0.6) is 5.75 Å². The van der Waals surface area contributed by atoms with E-state index in [2.05, 4.69) is 13.8 Å². The van der Waals surface area contributed by atoms with Gasteiger partial charge in [0.15, 0.2) is 0 Å². The van der Waals surface area contributed by atoms with Gasteiger partial charge in [-0.3, -0.25) is 4.79 Å². The fraction of sp³-hybridized carbons (Fsp3) is 0.458. The number of carbonyl (C=O) groups is 1. The minimum atomic E-state index is -0.781. The van der Waals surface area contributed by atoms with E-state index in [4.69, 9.17) is 4.74 Å². The molecular weight excluding hydrogens is 350 g/mol. The molecule has 0 aromatic heterocycles. The highest BCUT2D eigenvalue weighted by Crippen LogP contribution is 2.41. The van der Waals surface area contributed by atoms with E-state index in [9.17, 15) is 9.90 Å². The lowest BCUT2D eigenvalue weighted by Crippen LogP contribution is -2.30. The summed E-state index contributed by atoms with van der Waals surface area (Å²) in [6.45, 7) is 13.4. The Kier molecular flexibility index (Phi) is 7.25. The minimum Gasteiger partial charge on any atom is -0.487 e. The van der Waals surface area contributed by atoms with Crippen LogP contribution in [0.15, 0.2) is 42.5 Å². The van der Waals surface area contributed by atoms with Gasteiger partial charge in [-0.05, 0) is 51.0 Å². The third kappa shape index (κ3) is 4.56. The highest BCUT2D eigenvalue weighted by molar-refractivity contribution is 5.94. The molecule has 1 aliphatic heterocycles. The molecule has 1 aliphatic rings. The topological polar surface area (TPSA) is 49.8 Å². The molecule has 3 rings (SSSR count). The van der Waals surface area contributed by atoms with Crippen LogP contribution in [-0.4, -0.2) is 34.6 Å². The predicted octanol–water partition coefficient (Wildman–Crippen LogP) is 4.99. The number of aliphatic hydroxyl groups is 1. The molecule has 152 valence electrons. The molecule has 2 aromatic carbocycles. The summed E-state index contributed by atoms with van der Waals surface area (Å²) in [5.74, 6) is 0.801. The van der Waals surface area contributed by atoms with Gasteiger partial charge >= 0.3 is 0 Å². The third-order valence-corrected chi connectivity index (χ3v) is 4.94. The van der Waals surface area contributed by atoms with Crippen LogP contribution >= 0.6 is 0 Å². The molecule has 0 bridgehead atoms. The Bertz CT molecular complexity index is 792. The second-order valence-corrected chi connectivity index (χ2v) is 7.38. The first-order valence-electron chi connectivity index (χ1n) is 10.2. The number of hydrogen-bond acceptors (Lipinski definition) is 3. The Labute approximate surface area is 169 Å². The summed E-state index contributed by atoms with van der Waals surface area (Å²) in [4.78, 5) is 14.2. The molecule has 0 spiro atoms. The van der Waals surface area contributed by atoms with Crippen molar-refractivity contribution in [1.29, 1.82) is 0 Å². The summed E-state index contributed by atoms with van der Waals surface area (Å²) in [5.41, 5.74) is 3.04. The zero-order chi connectivity index (χ0) is 20.9. The van der Waals surface area contributed by atoms with Gasteiger partial charge in [0.2, 0.25) is 0 Å². The van der Waals surface area contributed by atoms with Crippen molar-refractivity contribution in [1.82, 2.24) is 4.90 Å². The van der Waals surface area contributed by atoms with E-state index in [0.29, 0.717) is 18.7 Å². The SMILES string of the molecule is CC.CCN(CC)C(=O)c1ccc(C(O)c2cccc3c2OC(C)(C)C3)cc1. The summed E-state index contributed by atoms with van der Waals surface area (Å²) in [7, 11) is 0. The maximum atomic E-state index is 12.4. The molecule has 1 N–H and O–H groups in total. The maximum absolute atomic E-state index is 12.4. The van der Waals surface area contributed by atoms with Crippen LogP contribution in [-0.2, 0) is 6.42 Å². The molecule has 1 atom stereocenters. The smallest absolute Gasteiger partial charge is 0.253 e. The number of rotatable bonds is 5. The molecule has 0 radical (unpaired) electrons. The first-order valence-corrected chi connectivity index (χ1v) is 10.2. The average molecular weight is 384 g/mol. The Morgan fingerprint density at radius 1 is 1.11 bits per heavy atom. The summed E-state index contributed by atoms with van der Waals surface area (Å²) in [5, 5.41) is 10.9. The monoisotopic (exact) mass is 383 g/mol. The van der Waals surface area contributed by atoms with E-state index >= 15 is 0 Å². The van der Waals surface area contributed by atoms with Crippen LogP contribution in [0.3, 0.4) is 0 Å². The number of fused-ring (bicyclic) bond motifs is 1. The van der Waals surface area contributed by atoms with Crippen molar-refractivity contribution in [3.05, 3.63) is 64.7 Å². The number of para-hydroxylation sites is 1. The van der Waals surface area contributed by atoms with Crippen LogP contribution in [0.25, 0.3) is 0 Å². The first-order chi connectivity index (χ1) is 13.4. The quantitative estimate of drug-likeness (QED) is 0.791. The van der Waals surface area contributed by atoms with Crippen LogP contribution in [0.4, 0.5) is 0 Å². The molecule has 0 fully saturated rings. The van der Waals surface area contributed by atoms with Crippen LogP contribution in [0.1, 0.15) is 74.7 Å². The standard InChI is InChI=1S/C22H27NO3.C2H6/c1-5-23(6-2)21(25)16-12-10-15(11-13-16)19(24)18-9-7-8-17-14-22(3,4)26-20(17)18;1-2/h7-13,19,24H,5-6,14H2,1-4H3;1-2H3. The Balaban J connectivity index is 0.00000136. The fourth-order valence-corrected chi connectivity index (χ4v) is 3.54. The van der Waals surface area contributed by atoms with Crippen LogP contribution in [0.2, 0.25) is 0 Å². The molecule has 1 heterocycles. The Morgan fingerprint density at radius 3 is 2.29 bits per heavy atom. The zero-order valence-electron chi connectivity index (χ0n) is 18.0. The van der Waals surface area contributed by atoms with E-state index in [1.807, 2.05) is 58.0 Å². The summed E-state index contributed by atoms with van der Waals surface area (Å²) in [6.07, 6.45) is 0.0525. The molecular formula is C24H33NO3. The number of ether oxygens (including phenoxy) is 1. The molecule has 0 aliphatic carbocycles. The van der Waals surface area contributed by atoms with Crippen molar-refractivity contribution in [3.63, 3.8) is 0 Å².